The van der Waals surface area contributed by atoms with Crippen LogP contribution in [0.25, 0.3) is 0 Å². The zero-order valence-corrected chi connectivity index (χ0v) is 20.6. The monoisotopic (exact) mass is 530 g/mol. The van der Waals surface area contributed by atoms with Crippen molar-refractivity contribution in [3.05, 3.63) is 23.9 Å². The lowest BCUT2D eigenvalue weighted by molar-refractivity contribution is -0.123. The van der Waals surface area contributed by atoms with Crippen molar-refractivity contribution in [3.8, 4) is 5.88 Å². The van der Waals surface area contributed by atoms with E-state index < -0.39 is 0 Å². The summed E-state index contributed by atoms with van der Waals surface area (Å²) in [5, 5.41) is 6.39. The summed E-state index contributed by atoms with van der Waals surface area (Å²) in [6.45, 7) is 9.26. The van der Waals surface area contributed by atoms with E-state index in [0.717, 1.165) is 44.3 Å². The van der Waals surface area contributed by atoms with Gasteiger partial charge in [0.1, 0.15) is 0 Å². The Morgan fingerprint density at radius 1 is 1.30 bits per heavy atom. The predicted molar refractivity (Wildman–Crippen MR) is 129 cm³/mol. The van der Waals surface area contributed by atoms with Crippen LogP contribution in [0.3, 0.4) is 0 Å². The summed E-state index contributed by atoms with van der Waals surface area (Å²) in [5.74, 6) is 2.38. The van der Waals surface area contributed by atoms with E-state index in [-0.39, 0.29) is 35.9 Å². The van der Waals surface area contributed by atoms with Crippen LogP contribution in [0.2, 0.25) is 0 Å². The Hall–Kier alpha value is -1.62. The Morgan fingerprint density at radius 3 is 2.67 bits per heavy atom. The van der Waals surface area contributed by atoms with Gasteiger partial charge < -0.3 is 20.3 Å². The van der Waals surface area contributed by atoms with Crippen LogP contribution in [0.4, 0.5) is 0 Å². The van der Waals surface area contributed by atoms with Crippen LogP contribution < -0.4 is 15.4 Å². The number of piperazine rings is 1. The molecular formula is C21H35IN6O2. The fourth-order valence-electron chi connectivity index (χ4n) is 3.33. The molecule has 0 bridgehead atoms. The number of carbonyl (C=O) groups excluding carboxylic acids is 1. The summed E-state index contributed by atoms with van der Waals surface area (Å²) in [6, 6.07) is 4.17. The second kappa shape index (κ2) is 12.3. The molecule has 9 heteroatoms. The molecule has 1 amide bonds. The smallest absolute Gasteiger partial charge is 0.234 e. The minimum absolute atomic E-state index is 0. The molecule has 0 spiro atoms. The topological polar surface area (TPSA) is 82.1 Å². The number of guanidine groups is 1. The third-order valence-corrected chi connectivity index (χ3v) is 5.11. The Labute approximate surface area is 196 Å². The van der Waals surface area contributed by atoms with E-state index in [2.05, 4.69) is 30.4 Å². The van der Waals surface area contributed by atoms with Crippen molar-refractivity contribution < 1.29 is 9.53 Å². The molecule has 2 N–H and O–H groups in total. The zero-order valence-electron chi connectivity index (χ0n) is 18.3. The molecule has 2 fully saturated rings. The molecule has 1 aromatic heterocycles. The summed E-state index contributed by atoms with van der Waals surface area (Å²) in [4.78, 5) is 25.1. The molecule has 2 aliphatic rings. The predicted octanol–water partition coefficient (Wildman–Crippen LogP) is 1.71. The van der Waals surface area contributed by atoms with Crippen LogP contribution in [-0.2, 0) is 11.3 Å². The van der Waals surface area contributed by atoms with Gasteiger partial charge in [0.25, 0.3) is 0 Å². The minimum atomic E-state index is 0. The van der Waals surface area contributed by atoms with E-state index in [1.807, 2.05) is 33.0 Å². The van der Waals surface area contributed by atoms with Gasteiger partial charge in [0.15, 0.2) is 5.96 Å². The molecule has 3 rings (SSSR count). The van der Waals surface area contributed by atoms with Gasteiger partial charge in [-0.25, -0.2) is 4.98 Å². The van der Waals surface area contributed by atoms with Crippen molar-refractivity contribution >= 4 is 35.8 Å². The second-order valence-electron chi connectivity index (χ2n) is 8.14. The number of ether oxygens (including phenoxy) is 1. The van der Waals surface area contributed by atoms with Gasteiger partial charge in [-0.3, -0.25) is 14.7 Å². The zero-order chi connectivity index (χ0) is 20.6. The van der Waals surface area contributed by atoms with Crippen molar-refractivity contribution in [2.24, 2.45) is 10.9 Å². The number of amides is 1. The first kappa shape index (κ1) is 24.6. The molecular weight excluding hydrogens is 495 g/mol. The molecule has 168 valence electrons. The lowest BCUT2D eigenvalue weighted by Crippen LogP contribution is -2.54. The summed E-state index contributed by atoms with van der Waals surface area (Å²) in [5.41, 5.74) is 1.12. The average Bonchev–Trinajstić information content (AvgIpc) is 3.52. The van der Waals surface area contributed by atoms with Crippen molar-refractivity contribution in [2.45, 2.75) is 39.3 Å². The van der Waals surface area contributed by atoms with Crippen LogP contribution in [0.1, 0.15) is 32.3 Å². The van der Waals surface area contributed by atoms with Crippen LogP contribution in [-0.4, -0.2) is 79.1 Å². The Bertz CT molecular complexity index is 702. The van der Waals surface area contributed by atoms with E-state index in [1.165, 1.54) is 12.8 Å². The van der Waals surface area contributed by atoms with Gasteiger partial charge >= 0.3 is 0 Å². The van der Waals surface area contributed by atoms with Crippen molar-refractivity contribution in [1.29, 1.82) is 0 Å². The van der Waals surface area contributed by atoms with Crippen LogP contribution in [0, 0.1) is 5.92 Å². The number of aliphatic imine (C=N–C) groups is 1. The van der Waals surface area contributed by atoms with Gasteiger partial charge in [-0.1, -0.05) is 0 Å². The Kier molecular flexibility index (Phi) is 10.1. The quantitative estimate of drug-likeness (QED) is 0.303. The van der Waals surface area contributed by atoms with Gasteiger partial charge in [0, 0.05) is 58.1 Å². The van der Waals surface area contributed by atoms with Gasteiger partial charge in [-0.05, 0) is 44.2 Å². The van der Waals surface area contributed by atoms with Gasteiger partial charge in [0.05, 0.1) is 13.2 Å². The molecule has 8 nitrogen and oxygen atoms in total. The molecule has 0 radical (unpaired) electrons. The summed E-state index contributed by atoms with van der Waals surface area (Å²) in [6.07, 6.45) is 4.34. The molecule has 30 heavy (non-hydrogen) atoms. The lowest BCUT2D eigenvalue weighted by Gasteiger charge is -2.36. The third-order valence-electron chi connectivity index (χ3n) is 5.11. The van der Waals surface area contributed by atoms with Gasteiger partial charge in [0.2, 0.25) is 11.8 Å². The Morgan fingerprint density at radius 2 is 2.03 bits per heavy atom. The van der Waals surface area contributed by atoms with Gasteiger partial charge in [-0.15, -0.1) is 24.0 Å². The number of hydrogen-bond acceptors (Lipinski definition) is 5. The van der Waals surface area contributed by atoms with Crippen LogP contribution in [0.15, 0.2) is 23.3 Å². The van der Waals surface area contributed by atoms with Crippen molar-refractivity contribution in [1.82, 2.24) is 25.4 Å². The number of nitrogens with one attached hydrogen (secondary N) is 2. The maximum atomic E-state index is 11.9. The van der Waals surface area contributed by atoms with E-state index in [4.69, 9.17) is 4.74 Å². The molecule has 0 unspecified atom stereocenters. The van der Waals surface area contributed by atoms with Crippen LogP contribution in [0.5, 0.6) is 5.88 Å². The lowest BCUT2D eigenvalue weighted by atomic mass is 10.2. The average molecular weight is 530 g/mol. The van der Waals surface area contributed by atoms with E-state index in [0.29, 0.717) is 24.9 Å². The molecule has 1 aromatic rings. The fourth-order valence-corrected chi connectivity index (χ4v) is 3.33. The summed E-state index contributed by atoms with van der Waals surface area (Å²) >= 11 is 0. The summed E-state index contributed by atoms with van der Waals surface area (Å²) in [7, 11) is 1.81. The van der Waals surface area contributed by atoms with E-state index in [9.17, 15) is 4.79 Å². The number of rotatable bonds is 8. The molecule has 1 saturated heterocycles. The molecule has 0 aromatic carbocycles. The highest BCUT2D eigenvalue weighted by Crippen LogP contribution is 2.29. The SMILES string of the molecule is CN=C(NCc1ccnc(OCC2CC2)c1)N1CCN(CC(=O)NC(C)C)CC1.I. The maximum Gasteiger partial charge on any atom is 0.234 e. The highest BCUT2D eigenvalue weighted by atomic mass is 127. The second-order valence-corrected chi connectivity index (χ2v) is 8.14. The van der Waals surface area contributed by atoms with Crippen molar-refractivity contribution in [3.63, 3.8) is 0 Å². The molecule has 1 aliphatic carbocycles. The molecule has 1 aliphatic heterocycles. The first-order chi connectivity index (χ1) is 14.0. The third kappa shape index (κ3) is 8.25. The maximum absolute atomic E-state index is 11.9. The molecule has 2 heterocycles. The number of carbonyl (C=O) groups is 1. The molecule has 1 saturated carbocycles. The number of pyridine rings is 1. The normalized spacial score (nSPS) is 17.5. The molecule has 0 atom stereocenters. The Balaban J connectivity index is 0.00000320. The first-order valence-corrected chi connectivity index (χ1v) is 10.6. The highest BCUT2D eigenvalue weighted by Gasteiger charge is 2.23. The number of aromatic nitrogens is 1. The number of halogens is 1. The largest absolute Gasteiger partial charge is 0.477 e. The number of nitrogens with zero attached hydrogens (tertiary/aromatic N) is 4. The number of hydrogen-bond donors (Lipinski definition) is 2. The van der Waals surface area contributed by atoms with E-state index in [1.54, 1.807) is 6.20 Å². The highest BCUT2D eigenvalue weighted by molar-refractivity contribution is 14.0. The van der Waals surface area contributed by atoms with E-state index >= 15 is 0 Å². The standard InChI is InChI=1S/C21H34N6O2.HI/c1-16(2)25-19(28)14-26-8-10-27(11-9-26)21(22-3)24-13-18-6-7-23-20(12-18)29-15-17-4-5-17;/h6-7,12,16-17H,4-5,8-11,13-15H2,1-3H3,(H,22,24)(H,25,28);1H. The minimum Gasteiger partial charge on any atom is -0.477 e. The first-order valence-electron chi connectivity index (χ1n) is 10.6. The van der Waals surface area contributed by atoms with Gasteiger partial charge in [-0.2, -0.15) is 0 Å². The fraction of sp³-hybridized carbons (Fsp3) is 0.667. The summed E-state index contributed by atoms with van der Waals surface area (Å²) < 4.78 is 5.77. The van der Waals surface area contributed by atoms with Crippen molar-refractivity contribution in [2.75, 3.05) is 46.4 Å². The van der Waals surface area contributed by atoms with Crippen LogP contribution >= 0.6 is 24.0 Å².